The minimum absolute atomic E-state index is 0.160. The summed E-state index contributed by atoms with van der Waals surface area (Å²) in [5.41, 5.74) is 1.36. The molecule has 4 rings (SSSR count). The van der Waals surface area contributed by atoms with E-state index in [1.165, 1.54) is 5.56 Å². The summed E-state index contributed by atoms with van der Waals surface area (Å²) in [6.07, 6.45) is 2.80. The Morgan fingerprint density at radius 2 is 1.81 bits per heavy atom. The van der Waals surface area contributed by atoms with Gasteiger partial charge in [-0.15, -0.1) is 0 Å². The third-order valence-corrected chi connectivity index (χ3v) is 6.13. The maximum Gasteiger partial charge on any atom is 0.225 e. The van der Waals surface area contributed by atoms with Crippen molar-refractivity contribution < 1.29 is 14.3 Å². The van der Waals surface area contributed by atoms with E-state index in [0.29, 0.717) is 17.9 Å². The number of carbonyl (C=O) groups is 1. The maximum absolute atomic E-state index is 12.9. The maximum atomic E-state index is 12.9. The van der Waals surface area contributed by atoms with Crippen LogP contribution in [0, 0.1) is 11.8 Å². The van der Waals surface area contributed by atoms with Crippen LogP contribution in [0.15, 0.2) is 30.3 Å². The molecule has 142 valence electrons. The number of rotatable bonds is 3. The lowest BCUT2D eigenvalue weighted by Crippen LogP contribution is -2.54. The second kappa shape index (κ2) is 8.51. The zero-order valence-electron chi connectivity index (χ0n) is 15.5. The fraction of sp³-hybridized carbons (Fsp3) is 0.667. The van der Waals surface area contributed by atoms with Gasteiger partial charge < -0.3 is 14.4 Å². The van der Waals surface area contributed by atoms with Crippen molar-refractivity contribution in [3.05, 3.63) is 35.9 Å². The topological polar surface area (TPSA) is 42.0 Å². The summed E-state index contributed by atoms with van der Waals surface area (Å²) < 4.78 is 11.3. The van der Waals surface area contributed by atoms with Crippen LogP contribution in [-0.4, -0.2) is 67.8 Å². The zero-order chi connectivity index (χ0) is 17.8. The predicted octanol–water partition coefficient (Wildman–Crippen LogP) is 2.16. The van der Waals surface area contributed by atoms with Crippen molar-refractivity contribution in [3.63, 3.8) is 0 Å². The fourth-order valence-electron chi connectivity index (χ4n) is 4.66. The molecule has 26 heavy (non-hydrogen) atoms. The van der Waals surface area contributed by atoms with Crippen molar-refractivity contribution in [2.24, 2.45) is 11.8 Å². The highest BCUT2D eigenvalue weighted by atomic mass is 16.5. The molecular weight excluding hydrogens is 328 g/mol. The van der Waals surface area contributed by atoms with Crippen LogP contribution in [0.2, 0.25) is 0 Å². The normalized spacial score (nSPS) is 28.4. The molecule has 0 aromatic heterocycles. The number of carbonyl (C=O) groups excluding carboxylic acids is 1. The molecule has 5 heteroatoms. The third kappa shape index (κ3) is 4.11. The Kier molecular flexibility index (Phi) is 5.88. The standard InChI is InChI=1S/C21H30N2O3/c24-21(18-7-11-25-12-8-18)23-9-6-20-19(15-23)16-26-13-10-22(20)14-17-4-2-1-3-5-17/h1-5,18-20H,6-16H2/t19-,20-/m1/s1. The summed E-state index contributed by atoms with van der Waals surface area (Å²) in [6.45, 7) is 6.67. The van der Waals surface area contributed by atoms with Crippen LogP contribution in [0.1, 0.15) is 24.8 Å². The Labute approximate surface area is 156 Å². The molecule has 0 aliphatic carbocycles. The van der Waals surface area contributed by atoms with Crippen LogP contribution in [0.25, 0.3) is 0 Å². The Balaban J connectivity index is 1.40. The molecule has 0 N–H and O–H groups in total. The number of hydrogen-bond acceptors (Lipinski definition) is 4. The van der Waals surface area contributed by atoms with E-state index in [9.17, 15) is 4.79 Å². The van der Waals surface area contributed by atoms with Crippen LogP contribution >= 0.6 is 0 Å². The molecule has 3 aliphatic rings. The molecule has 5 nitrogen and oxygen atoms in total. The number of piperidine rings is 1. The van der Waals surface area contributed by atoms with Gasteiger partial charge in [0.15, 0.2) is 0 Å². The molecule has 0 spiro atoms. The monoisotopic (exact) mass is 358 g/mol. The number of amides is 1. The Hall–Kier alpha value is -1.43. The summed E-state index contributed by atoms with van der Waals surface area (Å²) >= 11 is 0. The van der Waals surface area contributed by atoms with E-state index >= 15 is 0 Å². The fourth-order valence-corrected chi connectivity index (χ4v) is 4.66. The SMILES string of the molecule is O=C(C1CCOCC1)N1CC[C@@H]2[C@@H](COCCN2Cc2ccccc2)C1. The number of nitrogens with zero attached hydrogens (tertiary/aromatic N) is 2. The van der Waals surface area contributed by atoms with E-state index < -0.39 is 0 Å². The first-order chi connectivity index (χ1) is 12.8. The molecule has 2 atom stereocenters. The summed E-state index contributed by atoms with van der Waals surface area (Å²) in [5, 5.41) is 0. The molecule has 0 bridgehead atoms. The van der Waals surface area contributed by atoms with E-state index in [1.54, 1.807) is 0 Å². The van der Waals surface area contributed by atoms with E-state index in [4.69, 9.17) is 9.47 Å². The molecule has 3 heterocycles. The van der Waals surface area contributed by atoms with Crippen LogP contribution < -0.4 is 0 Å². The molecule has 1 aromatic rings. The molecular formula is C21H30N2O3. The first-order valence-corrected chi connectivity index (χ1v) is 10.0. The van der Waals surface area contributed by atoms with E-state index in [-0.39, 0.29) is 5.92 Å². The summed E-state index contributed by atoms with van der Waals surface area (Å²) in [7, 11) is 0. The second-order valence-electron chi connectivity index (χ2n) is 7.82. The van der Waals surface area contributed by atoms with Gasteiger partial charge in [0, 0.05) is 57.3 Å². The first-order valence-electron chi connectivity index (χ1n) is 10.0. The molecule has 3 saturated heterocycles. The molecule has 3 aliphatic heterocycles. The summed E-state index contributed by atoms with van der Waals surface area (Å²) in [6, 6.07) is 11.2. The Bertz CT molecular complexity index is 588. The van der Waals surface area contributed by atoms with Crippen LogP contribution in [0.4, 0.5) is 0 Å². The molecule has 1 amide bonds. The number of hydrogen-bond donors (Lipinski definition) is 0. The van der Waals surface area contributed by atoms with E-state index in [1.807, 2.05) is 0 Å². The molecule has 1 aromatic carbocycles. The minimum Gasteiger partial charge on any atom is -0.381 e. The van der Waals surface area contributed by atoms with Gasteiger partial charge in [-0.05, 0) is 24.8 Å². The van der Waals surface area contributed by atoms with Gasteiger partial charge in [0.2, 0.25) is 5.91 Å². The van der Waals surface area contributed by atoms with Crippen molar-refractivity contribution in [3.8, 4) is 0 Å². The van der Waals surface area contributed by atoms with Crippen molar-refractivity contribution in [1.82, 2.24) is 9.80 Å². The molecule has 3 fully saturated rings. The van der Waals surface area contributed by atoms with Crippen molar-refractivity contribution in [2.75, 3.05) is 46.1 Å². The van der Waals surface area contributed by atoms with Gasteiger partial charge in [-0.1, -0.05) is 30.3 Å². The van der Waals surface area contributed by atoms with Crippen molar-refractivity contribution >= 4 is 5.91 Å². The lowest BCUT2D eigenvalue weighted by molar-refractivity contribution is -0.141. The number of likely N-dealkylation sites (tertiary alicyclic amines) is 1. The first kappa shape index (κ1) is 18.0. The number of benzene rings is 1. The minimum atomic E-state index is 0.160. The van der Waals surface area contributed by atoms with Gasteiger partial charge in [0.05, 0.1) is 13.2 Å². The highest BCUT2D eigenvalue weighted by molar-refractivity contribution is 5.79. The summed E-state index contributed by atoms with van der Waals surface area (Å²) in [5.74, 6) is 0.914. The Morgan fingerprint density at radius 1 is 1.00 bits per heavy atom. The summed E-state index contributed by atoms with van der Waals surface area (Å²) in [4.78, 5) is 17.6. The lowest BCUT2D eigenvalue weighted by Gasteiger charge is -2.43. The molecule has 0 unspecified atom stereocenters. The van der Waals surface area contributed by atoms with Gasteiger partial charge in [-0.25, -0.2) is 0 Å². The Morgan fingerprint density at radius 3 is 2.62 bits per heavy atom. The van der Waals surface area contributed by atoms with Crippen LogP contribution in [0.5, 0.6) is 0 Å². The number of ether oxygens (including phenoxy) is 2. The van der Waals surface area contributed by atoms with Crippen molar-refractivity contribution in [2.45, 2.75) is 31.8 Å². The van der Waals surface area contributed by atoms with Crippen LogP contribution in [-0.2, 0) is 20.8 Å². The van der Waals surface area contributed by atoms with E-state index in [2.05, 4.69) is 40.1 Å². The van der Waals surface area contributed by atoms with Gasteiger partial charge in [0.1, 0.15) is 0 Å². The zero-order valence-corrected chi connectivity index (χ0v) is 15.5. The second-order valence-corrected chi connectivity index (χ2v) is 7.82. The van der Waals surface area contributed by atoms with Gasteiger partial charge in [0.25, 0.3) is 0 Å². The van der Waals surface area contributed by atoms with Gasteiger partial charge >= 0.3 is 0 Å². The highest BCUT2D eigenvalue weighted by Crippen LogP contribution is 2.28. The van der Waals surface area contributed by atoms with Crippen molar-refractivity contribution in [1.29, 1.82) is 0 Å². The lowest BCUT2D eigenvalue weighted by atomic mass is 9.89. The highest BCUT2D eigenvalue weighted by Gasteiger charge is 2.38. The van der Waals surface area contributed by atoms with Gasteiger partial charge in [-0.2, -0.15) is 0 Å². The average molecular weight is 358 g/mol. The van der Waals surface area contributed by atoms with Crippen LogP contribution in [0.3, 0.4) is 0 Å². The molecule has 0 radical (unpaired) electrons. The number of fused-ring (bicyclic) bond motifs is 1. The molecule has 0 saturated carbocycles. The van der Waals surface area contributed by atoms with E-state index in [0.717, 1.165) is 71.9 Å². The van der Waals surface area contributed by atoms with Gasteiger partial charge in [-0.3, -0.25) is 9.69 Å². The third-order valence-electron chi connectivity index (χ3n) is 6.13. The quantitative estimate of drug-likeness (QED) is 0.830. The largest absolute Gasteiger partial charge is 0.381 e. The average Bonchev–Trinajstić information content (AvgIpc) is 2.90. The smallest absolute Gasteiger partial charge is 0.225 e. The predicted molar refractivity (Wildman–Crippen MR) is 99.7 cm³/mol.